The van der Waals surface area contributed by atoms with Crippen molar-refractivity contribution in [2.45, 2.75) is 52.0 Å². The van der Waals surface area contributed by atoms with E-state index < -0.39 is 0 Å². The predicted octanol–water partition coefficient (Wildman–Crippen LogP) is 3.46. The zero-order valence-corrected chi connectivity index (χ0v) is 12.5. The summed E-state index contributed by atoms with van der Waals surface area (Å²) in [4.78, 5) is 5.61. The average molecular weight is 258 g/mol. The van der Waals surface area contributed by atoms with Crippen LogP contribution in [-0.4, -0.2) is 21.5 Å². The van der Waals surface area contributed by atoms with Crippen LogP contribution in [0.25, 0.3) is 0 Å². The molecule has 0 spiro atoms. The second-order valence-electron chi connectivity index (χ2n) is 5.07. The van der Waals surface area contributed by atoms with Gasteiger partial charge in [-0.3, -0.25) is 0 Å². The Bertz CT molecular complexity index is 315. The molecular formula is C12H22N2S2. The summed E-state index contributed by atoms with van der Waals surface area (Å²) in [5.41, 5.74) is 3.08. The number of nitrogens with zero attached hydrogens (tertiary/aromatic N) is 1. The molecule has 0 amide bonds. The lowest BCUT2D eigenvalue weighted by molar-refractivity contribution is 0.596. The van der Waals surface area contributed by atoms with E-state index in [0.29, 0.717) is 10.8 Å². The maximum atomic E-state index is 4.25. The summed E-state index contributed by atoms with van der Waals surface area (Å²) in [6.45, 7) is 12.0. The highest BCUT2D eigenvalue weighted by atomic mass is 32.2. The summed E-state index contributed by atoms with van der Waals surface area (Å²) >= 11 is 3.74. The van der Waals surface area contributed by atoms with Gasteiger partial charge in [-0.1, -0.05) is 20.8 Å². The molecule has 1 aromatic heterocycles. The van der Waals surface area contributed by atoms with E-state index in [-0.39, 0.29) is 0 Å². The van der Waals surface area contributed by atoms with Gasteiger partial charge in [0.2, 0.25) is 0 Å². The molecule has 0 fully saturated rings. The quantitative estimate of drug-likeness (QED) is 0.875. The van der Waals surface area contributed by atoms with Crippen molar-refractivity contribution in [3.05, 3.63) is 16.1 Å². The lowest BCUT2D eigenvalue weighted by Crippen LogP contribution is -2.29. The van der Waals surface area contributed by atoms with Crippen LogP contribution in [0.15, 0.2) is 5.51 Å². The summed E-state index contributed by atoms with van der Waals surface area (Å²) in [6, 6.07) is 0.547. The van der Waals surface area contributed by atoms with Crippen LogP contribution < -0.4 is 5.32 Å². The van der Waals surface area contributed by atoms with Crippen molar-refractivity contribution >= 4 is 23.1 Å². The molecule has 0 aromatic carbocycles. The summed E-state index contributed by atoms with van der Waals surface area (Å²) in [5.74, 6) is 1.15. The molecule has 4 heteroatoms. The highest BCUT2D eigenvalue weighted by Crippen LogP contribution is 2.23. The molecule has 1 N–H and O–H groups in total. The molecule has 0 aliphatic heterocycles. The van der Waals surface area contributed by atoms with Crippen molar-refractivity contribution in [2.75, 3.05) is 5.75 Å². The first kappa shape index (κ1) is 14.0. The Balaban J connectivity index is 2.25. The molecule has 0 aliphatic carbocycles. The van der Waals surface area contributed by atoms with Gasteiger partial charge >= 0.3 is 0 Å². The van der Waals surface area contributed by atoms with Gasteiger partial charge in [-0.05, 0) is 13.8 Å². The molecule has 1 unspecified atom stereocenters. The third-order valence-electron chi connectivity index (χ3n) is 2.22. The molecule has 1 heterocycles. The zero-order chi connectivity index (χ0) is 12.2. The minimum atomic E-state index is 0.357. The number of aryl methyl sites for hydroxylation is 1. The third-order valence-corrected chi connectivity index (χ3v) is 4.69. The highest BCUT2D eigenvalue weighted by Gasteiger charge is 2.13. The summed E-state index contributed by atoms with van der Waals surface area (Å²) < 4.78 is 0.357. The smallest absolute Gasteiger partial charge is 0.0798 e. The van der Waals surface area contributed by atoms with Crippen LogP contribution in [0, 0.1) is 6.92 Å². The number of thiazole rings is 1. The van der Waals surface area contributed by atoms with Gasteiger partial charge in [-0.15, -0.1) is 11.3 Å². The van der Waals surface area contributed by atoms with Gasteiger partial charge in [-0.2, -0.15) is 11.8 Å². The molecule has 1 rings (SSSR count). The lowest BCUT2D eigenvalue weighted by Gasteiger charge is -2.21. The van der Waals surface area contributed by atoms with E-state index in [4.69, 9.17) is 0 Å². The van der Waals surface area contributed by atoms with Crippen molar-refractivity contribution in [1.29, 1.82) is 0 Å². The number of rotatable bonds is 5. The van der Waals surface area contributed by atoms with E-state index in [0.717, 1.165) is 18.0 Å². The summed E-state index contributed by atoms with van der Waals surface area (Å²) in [7, 11) is 0. The van der Waals surface area contributed by atoms with Gasteiger partial charge in [-0.25, -0.2) is 4.98 Å². The van der Waals surface area contributed by atoms with Crippen molar-refractivity contribution < 1.29 is 0 Å². The Labute approximate surface area is 107 Å². The lowest BCUT2D eigenvalue weighted by atomic mass is 10.3. The Hall–Kier alpha value is -0.0600. The van der Waals surface area contributed by atoms with Crippen LogP contribution in [0.1, 0.15) is 38.3 Å². The van der Waals surface area contributed by atoms with E-state index in [1.54, 1.807) is 11.3 Å². The van der Waals surface area contributed by atoms with Gasteiger partial charge < -0.3 is 5.32 Å². The van der Waals surface area contributed by atoms with E-state index in [1.807, 2.05) is 17.3 Å². The predicted molar refractivity (Wildman–Crippen MR) is 75.4 cm³/mol. The van der Waals surface area contributed by atoms with Gasteiger partial charge in [0.15, 0.2) is 0 Å². The fourth-order valence-corrected chi connectivity index (χ4v) is 2.79. The molecule has 0 radical (unpaired) electrons. The number of thioether (sulfide) groups is 1. The zero-order valence-electron chi connectivity index (χ0n) is 10.8. The third kappa shape index (κ3) is 5.32. The normalized spacial score (nSPS) is 14.1. The SMILES string of the molecule is Cc1ncsc1CNC(C)CSC(C)(C)C. The van der Waals surface area contributed by atoms with Crippen LogP contribution in [0.5, 0.6) is 0 Å². The number of hydrogen-bond donors (Lipinski definition) is 1. The standard InChI is InChI=1S/C12H22N2S2/c1-9(7-16-12(3,4)5)13-6-11-10(2)14-8-15-11/h8-9,13H,6-7H2,1-5H3. The van der Waals surface area contributed by atoms with Gasteiger partial charge in [0.1, 0.15) is 0 Å². The second kappa shape index (κ2) is 6.03. The van der Waals surface area contributed by atoms with Crippen LogP contribution in [-0.2, 0) is 6.54 Å². The highest BCUT2D eigenvalue weighted by molar-refractivity contribution is 8.00. The van der Waals surface area contributed by atoms with E-state index in [1.165, 1.54) is 4.88 Å². The fraction of sp³-hybridized carbons (Fsp3) is 0.750. The molecule has 0 bridgehead atoms. The van der Waals surface area contributed by atoms with Crippen LogP contribution in [0.3, 0.4) is 0 Å². The minimum absolute atomic E-state index is 0.357. The molecule has 2 nitrogen and oxygen atoms in total. The van der Waals surface area contributed by atoms with Crippen molar-refractivity contribution in [1.82, 2.24) is 10.3 Å². The van der Waals surface area contributed by atoms with Crippen LogP contribution in [0.4, 0.5) is 0 Å². The molecule has 1 atom stereocenters. The van der Waals surface area contributed by atoms with Crippen molar-refractivity contribution in [3.63, 3.8) is 0 Å². The van der Waals surface area contributed by atoms with E-state index in [9.17, 15) is 0 Å². The molecular weight excluding hydrogens is 236 g/mol. The summed E-state index contributed by atoms with van der Waals surface area (Å²) in [5, 5.41) is 3.55. The maximum absolute atomic E-state index is 4.25. The van der Waals surface area contributed by atoms with Crippen molar-refractivity contribution in [2.24, 2.45) is 0 Å². The molecule has 0 aliphatic rings. The van der Waals surface area contributed by atoms with Crippen LogP contribution in [0.2, 0.25) is 0 Å². The van der Waals surface area contributed by atoms with Crippen molar-refractivity contribution in [3.8, 4) is 0 Å². The first-order valence-corrected chi connectivity index (χ1v) is 7.51. The molecule has 1 aromatic rings. The number of hydrogen-bond acceptors (Lipinski definition) is 4. The largest absolute Gasteiger partial charge is 0.308 e. The van der Waals surface area contributed by atoms with Crippen LogP contribution >= 0.6 is 23.1 Å². The Kier molecular flexibility index (Phi) is 5.28. The monoisotopic (exact) mass is 258 g/mol. The first-order chi connectivity index (χ1) is 7.38. The first-order valence-electron chi connectivity index (χ1n) is 5.65. The summed E-state index contributed by atoms with van der Waals surface area (Å²) in [6.07, 6.45) is 0. The minimum Gasteiger partial charge on any atom is -0.308 e. The molecule has 0 saturated heterocycles. The maximum Gasteiger partial charge on any atom is 0.0798 e. The van der Waals surface area contributed by atoms with Gasteiger partial charge in [0, 0.05) is 28.0 Å². The Morgan fingerprint density at radius 1 is 1.50 bits per heavy atom. The Morgan fingerprint density at radius 3 is 2.69 bits per heavy atom. The Morgan fingerprint density at radius 2 is 2.19 bits per heavy atom. The number of aromatic nitrogens is 1. The topological polar surface area (TPSA) is 24.9 Å². The number of nitrogens with one attached hydrogen (secondary N) is 1. The van der Waals surface area contributed by atoms with Gasteiger partial charge in [0.05, 0.1) is 11.2 Å². The average Bonchev–Trinajstić information content (AvgIpc) is 2.57. The molecule has 0 saturated carbocycles. The second-order valence-corrected chi connectivity index (χ2v) is 7.85. The van der Waals surface area contributed by atoms with E-state index in [2.05, 4.69) is 44.9 Å². The van der Waals surface area contributed by atoms with Gasteiger partial charge in [0.25, 0.3) is 0 Å². The molecule has 92 valence electrons. The fourth-order valence-electron chi connectivity index (χ4n) is 1.20. The molecule has 16 heavy (non-hydrogen) atoms. The van der Waals surface area contributed by atoms with E-state index >= 15 is 0 Å².